The molecule has 0 fully saturated rings. The summed E-state index contributed by atoms with van der Waals surface area (Å²) in [5.41, 5.74) is 5.45. The minimum Gasteiger partial charge on any atom is -0.466 e. The number of rotatable bonds is 7. The van der Waals surface area contributed by atoms with Crippen LogP contribution in [-0.4, -0.2) is 31.4 Å². The van der Waals surface area contributed by atoms with Gasteiger partial charge in [0.25, 0.3) is 0 Å². The molecule has 0 aliphatic carbocycles. The zero-order valence-electron chi connectivity index (χ0n) is 17.7. The average Bonchev–Trinajstić information content (AvgIpc) is 2.75. The van der Waals surface area contributed by atoms with Gasteiger partial charge in [0, 0.05) is 36.4 Å². The van der Waals surface area contributed by atoms with Crippen LogP contribution in [0.25, 0.3) is 0 Å². The summed E-state index contributed by atoms with van der Waals surface area (Å²) in [5.74, 6) is 0.115. The van der Waals surface area contributed by atoms with Gasteiger partial charge in [-0.05, 0) is 55.2 Å². The van der Waals surface area contributed by atoms with Crippen LogP contribution < -0.4 is 10.6 Å². The smallest absolute Gasteiger partial charge is 0.307 e. The topological polar surface area (TPSA) is 67.4 Å². The van der Waals surface area contributed by atoms with Crippen LogP contribution in [-0.2, 0) is 22.4 Å². The highest BCUT2D eigenvalue weighted by Gasteiger charge is 2.16. The summed E-state index contributed by atoms with van der Waals surface area (Å²) in [7, 11) is 0. The van der Waals surface area contributed by atoms with Crippen LogP contribution >= 0.6 is 0 Å². The lowest BCUT2D eigenvalue weighted by molar-refractivity contribution is -0.142. The van der Waals surface area contributed by atoms with Crippen molar-refractivity contribution in [3.05, 3.63) is 59.2 Å². The molecule has 2 aromatic carbocycles. The first kappa shape index (κ1) is 22.5. The molecule has 0 spiro atoms. The molecule has 0 bridgehead atoms. The zero-order valence-corrected chi connectivity index (χ0v) is 17.7. The van der Waals surface area contributed by atoms with Gasteiger partial charge in [-0.15, -0.1) is 0 Å². The number of nitrogens with one attached hydrogen (secondary N) is 2. The Balaban J connectivity index is 0.000000211. The quantitative estimate of drug-likeness (QED) is 0.654. The standard InChI is InChI=1S/C13H19NO2.C11H13NO/c1-3-11-5-7-12(8-6-11)14-10-9-13(15)16-4-2;1-2-8-3-4-10-9(7-8)11(13)5-6-12-10/h5-8,14H,3-4,9-10H2,1-2H3;3-4,7,12H,2,5-6H2,1H3. The lowest BCUT2D eigenvalue weighted by atomic mass is 9.99. The van der Waals surface area contributed by atoms with Crippen molar-refractivity contribution < 1.29 is 14.3 Å². The Kier molecular flexibility index (Phi) is 9.22. The Morgan fingerprint density at radius 1 is 1.03 bits per heavy atom. The molecule has 3 rings (SSSR count). The molecule has 1 aliphatic rings. The number of Topliss-reactive ketones (excluding diaryl/α,β-unsaturated/α-hetero) is 1. The lowest BCUT2D eigenvalue weighted by Crippen LogP contribution is -2.17. The highest BCUT2D eigenvalue weighted by molar-refractivity contribution is 6.03. The van der Waals surface area contributed by atoms with E-state index in [0.29, 0.717) is 26.0 Å². The predicted octanol–water partition coefficient (Wildman–Crippen LogP) is 4.86. The third-order valence-corrected chi connectivity index (χ3v) is 4.79. The van der Waals surface area contributed by atoms with Gasteiger partial charge in [0.1, 0.15) is 0 Å². The Bertz CT molecular complexity index is 800. The van der Waals surface area contributed by atoms with Crippen LogP contribution in [0.2, 0.25) is 0 Å². The Morgan fingerprint density at radius 2 is 1.72 bits per heavy atom. The van der Waals surface area contributed by atoms with Crippen molar-refractivity contribution in [2.75, 3.05) is 30.3 Å². The maximum absolute atomic E-state index is 11.5. The molecule has 0 aromatic heterocycles. The summed E-state index contributed by atoms with van der Waals surface area (Å²) in [6.45, 7) is 7.88. The van der Waals surface area contributed by atoms with Gasteiger partial charge in [0.2, 0.25) is 0 Å². The van der Waals surface area contributed by atoms with Crippen molar-refractivity contribution in [1.82, 2.24) is 0 Å². The number of aryl methyl sites for hydroxylation is 2. The van der Waals surface area contributed by atoms with Crippen LogP contribution in [0.3, 0.4) is 0 Å². The van der Waals surface area contributed by atoms with Crippen LogP contribution in [0.4, 0.5) is 11.4 Å². The molecule has 0 unspecified atom stereocenters. The van der Waals surface area contributed by atoms with E-state index in [1.165, 1.54) is 11.1 Å². The predicted molar refractivity (Wildman–Crippen MR) is 119 cm³/mol. The second-order valence-corrected chi connectivity index (χ2v) is 6.87. The van der Waals surface area contributed by atoms with Gasteiger partial charge < -0.3 is 15.4 Å². The molecule has 5 nitrogen and oxygen atoms in total. The van der Waals surface area contributed by atoms with E-state index in [-0.39, 0.29) is 11.8 Å². The van der Waals surface area contributed by atoms with E-state index in [4.69, 9.17) is 4.74 Å². The van der Waals surface area contributed by atoms with Crippen LogP contribution in [0.15, 0.2) is 42.5 Å². The molecule has 1 aliphatic heterocycles. The molecule has 156 valence electrons. The lowest BCUT2D eigenvalue weighted by Gasteiger charge is -2.17. The SMILES string of the molecule is CCOC(=O)CCNc1ccc(CC)cc1.CCc1ccc2c(c1)C(=O)CCN2. The molecule has 0 amide bonds. The van der Waals surface area contributed by atoms with Gasteiger partial charge in [-0.25, -0.2) is 0 Å². The largest absolute Gasteiger partial charge is 0.466 e. The molecule has 2 N–H and O–H groups in total. The number of anilines is 2. The number of carbonyl (C=O) groups excluding carboxylic acids is 2. The van der Waals surface area contributed by atoms with Gasteiger partial charge in [0.15, 0.2) is 5.78 Å². The third kappa shape index (κ3) is 7.26. The first-order valence-electron chi connectivity index (χ1n) is 10.5. The molecule has 5 heteroatoms. The number of hydrogen-bond donors (Lipinski definition) is 2. The highest BCUT2D eigenvalue weighted by Crippen LogP contribution is 2.23. The molecule has 0 saturated carbocycles. The van der Waals surface area contributed by atoms with Crippen LogP contribution in [0.5, 0.6) is 0 Å². The van der Waals surface area contributed by atoms with Gasteiger partial charge >= 0.3 is 5.97 Å². The number of esters is 1. The van der Waals surface area contributed by atoms with E-state index < -0.39 is 0 Å². The monoisotopic (exact) mass is 396 g/mol. The normalized spacial score (nSPS) is 12.2. The minimum absolute atomic E-state index is 0.153. The molecular weight excluding hydrogens is 364 g/mol. The van der Waals surface area contributed by atoms with E-state index in [1.807, 2.05) is 31.2 Å². The molecule has 29 heavy (non-hydrogen) atoms. The number of hydrogen-bond acceptors (Lipinski definition) is 5. The van der Waals surface area contributed by atoms with Crippen LogP contribution in [0, 0.1) is 0 Å². The Morgan fingerprint density at radius 3 is 2.38 bits per heavy atom. The Hall–Kier alpha value is -2.82. The number of carbonyl (C=O) groups is 2. The maximum Gasteiger partial charge on any atom is 0.307 e. The van der Waals surface area contributed by atoms with Gasteiger partial charge in [-0.3, -0.25) is 9.59 Å². The zero-order chi connectivity index (χ0) is 21.1. The van der Waals surface area contributed by atoms with Crippen molar-refractivity contribution in [2.45, 2.75) is 46.5 Å². The number of fused-ring (bicyclic) bond motifs is 1. The number of ketones is 1. The summed E-state index contributed by atoms with van der Waals surface area (Å²) in [6.07, 6.45) is 3.06. The van der Waals surface area contributed by atoms with Crippen molar-refractivity contribution in [1.29, 1.82) is 0 Å². The fourth-order valence-corrected chi connectivity index (χ4v) is 3.04. The maximum atomic E-state index is 11.5. The Labute approximate surface area is 173 Å². The van der Waals surface area contributed by atoms with Crippen molar-refractivity contribution in [3.63, 3.8) is 0 Å². The molecule has 0 atom stereocenters. The van der Waals surface area contributed by atoms with Gasteiger partial charge in [0.05, 0.1) is 13.0 Å². The summed E-state index contributed by atoms with van der Waals surface area (Å²) < 4.78 is 4.84. The molecule has 2 aromatic rings. The average molecular weight is 397 g/mol. The van der Waals surface area contributed by atoms with E-state index in [1.54, 1.807) is 0 Å². The first-order chi connectivity index (χ1) is 14.1. The summed E-state index contributed by atoms with van der Waals surface area (Å²) in [6, 6.07) is 14.3. The van der Waals surface area contributed by atoms with E-state index in [2.05, 4.69) is 42.7 Å². The molecular formula is C24H32N2O3. The second kappa shape index (κ2) is 11.9. The molecule has 1 heterocycles. The summed E-state index contributed by atoms with van der Waals surface area (Å²) in [5, 5.41) is 6.41. The van der Waals surface area contributed by atoms with Crippen molar-refractivity contribution in [2.24, 2.45) is 0 Å². The number of benzene rings is 2. The fraction of sp³-hybridized carbons (Fsp3) is 0.417. The first-order valence-corrected chi connectivity index (χ1v) is 10.5. The van der Waals surface area contributed by atoms with Gasteiger partial charge in [-0.2, -0.15) is 0 Å². The third-order valence-electron chi connectivity index (χ3n) is 4.79. The van der Waals surface area contributed by atoms with E-state index >= 15 is 0 Å². The summed E-state index contributed by atoms with van der Waals surface area (Å²) in [4.78, 5) is 22.6. The molecule has 0 radical (unpaired) electrons. The van der Waals surface area contributed by atoms with Crippen molar-refractivity contribution >= 4 is 23.1 Å². The van der Waals surface area contributed by atoms with Crippen molar-refractivity contribution in [3.8, 4) is 0 Å². The van der Waals surface area contributed by atoms with E-state index in [0.717, 1.165) is 36.3 Å². The fourth-order valence-electron chi connectivity index (χ4n) is 3.04. The second-order valence-electron chi connectivity index (χ2n) is 6.87. The van der Waals surface area contributed by atoms with Gasteiger partial charge in [-0.1, -0.05) is 32.0 Å². The van der Waals surface area contributed by atoms with Crippen LogP contribution in [0.1, 0.15) is 55.1 Å². The minimum atomic E-state index is -0.153. The van der Waals surface area contributed by atoms with E-state index in [9.17, 15) is 9.59 Å². The summed E-state index contributed by atoms with van der Waals surface area (Å²) >= 11 is 0. The molecule has 0 saturated heterocycles. The number of ether oxygens (including phenoxy) is 1. The highest BCUT2D eigenvalue weighted by atomic mass is 16.5.